The van der Waals surface area contributed by atoms with Gasteiger partial charge in [0.05, 0.1) is 5.92 Å². The van der Waals surface area contributed by atoms with Gasteiger partial charge in [-0.25, -0.2) is 14.6 Å². The Hall–Kier alpha value is -2.58. The van der Waals surface area contributed by atoms with Crippen LogP contribution in [0.5, 0.6) is 0 Å². The molecule has 1 saturated heterocycles. The highest BCUT2D eigenvalue weighted by molar-refractivity contribution is 5.83. The maximum absolute atomic E-state index is 12.0. The molecule has 0 aromatic carbocycles. The van der Waals surface area contributed by atoms with Gasteiger partial charge in [0.15, 0.2) is 0 Å². The van der Waals surface area contributed by atoms with Crippen molar-refractivity contribution in [1.82, 2.24) is 14.9 Å². The van der Waals surface area contributed by atoms with Crippen LogP contribution < -0.4 is 10.9 Å². The Balaban J connectivity index is 2.00. The van der Waals surface area contributed by atoms with Crippen molar-refractivity contribution in [3.8, 4) is 0 Å². The minimum atomic E-state index is -0.689. The van der Waals surface area contributed by atoms with E-state index in [2.05, 4.69) is 15.3 Å². The van der Waals surface area contributed by atoms with Gasteiger partial charge in [0.2, 0.25) is 0 Å². The van der Waals surface area contributed by atoms with E-state index in [0.717, 1.165) is 0 Å². The average Bonchev–Trinajstić information content (AvgIpc) is 2.30. The minimum absolute atomic E-state index is 0.105. The minimum Gasteiger partial charge on any atom is -0.444 e. The van der Waals surface area contributed by atoms with E-state index in [-0.39, 0.29) is 11.7 Å². The molecule has 144 valence electrons. The molecule has 9 heteroatoms. The van der Waals surface area contributed by atoms with E-state index in [0.29, 0.717) is 18.9 Å². The lowest BCUT2D eigenvalue weighted by molar-refractivity contribution is 0.00751. The normalized spacial score (nSPS) is 15.2. The number of hydrogen-bond donors (Lipinski definition) is 2. The van der Waals surface area contributed by atoms with E-state index >= 15 is 0 Å². The van der Waals surface area contributed by atoms with Crippen LogP contribution in [-0.2, 0) is 9.47 Å². The SMILES string of the molecule is CC(C)(C)OC(=O)Nc1cc(=O)[nH]c(C2CN(C(=O)OC(C)(C)C)C2)n1. The fourth-order valence-corrected chi connectivity index (χ4v) is 2.27. The van der Waals surface area contributed by atoms with Gasteiger partial charge in [0, 0.05) is 19.2 Å². The fourth-order valence-electron chi connectivity index (χ4n) is 2.27. The highest BCUT2D eigenvalue weighted by Crippen LogP contribution is 2.26. The Morgan fingerprint density at radius 2 is 1.73 bits per heavy atom. The number of nitrogens with one attached hydrogen (secondary N) is 2. The number of amides is 2. The topological polar surface area (TPSA) is 114 Å². The average molecular weight is 366 g/mol. The Morgan fingerprint density at radius 1 is 1.15 bits per heavy atom. The van der Waals surface area contributed by atoms with Crippen LogP contribution in [0.25, 0.3) is 0 Å². The molecule has 1 aromatic rings. The van der Waals surface area contributed by atoms with Crippen LogP contribution in [0, 0.1) is 0 Å². The molecule has 0 bridgehead atoms. The highest BCUT2D eigenvalue weighted by Gasteiger charge is 2.36. The van der Waals surface area contributed by atoms with Crippen LogP contribution in [-0.4, -0.2) is 51.3 Å². The van der Waals surface area contributed by atoms with Gasteiger partial charge >= 0.3 is 12.2 Å². The molecule has 0 radical (unpaired) electrons. The number of rotatable bonds is 2. The maximum Gasteiger partial charge on any atom is 0.413 e. The number of nitrogens with zero attached hydrogens (tertiary/aromatic N) is 2. The molecule has 9 nitrogen and oxygen atoms in total. The number of anilines is 1. The molecule has 0 saturated carbocycles. The number of H-pyrrole nitrogens is 1. The standard InChI is InChI=1S/C17H26N4O5/c1-16(2,3)25-14(23)19-11-7-12(22)20-13(18-11)10-8-21(9-10)15(24)26-17(4,5)6/h7,10H,8-9H2,1-6H3,(H2,18,19,20,22,23). The van der Waals surface area contributed by atoms with E-state index in [1.54, 1.807) is 41.5 Å². The summed E-state index contributed by atoms with van der Waals surface area (Å²) in [6.45, 7) is 11.4. The lowest BCUT2D eigenvalue weighted by atomic mass is 10.00. The van der Waals surface area contributed by atoms with Crippen molar-refractivity contribution in [2.24, 2.45) is 0 Å². The van der Waals surface area contributed by atoms with Crippen molar-refractivity contribution in [3.05, 3.63) is 22.2 Å². The van der Waals surface area contributed by atoms with Crippen molar-refractivity contribution < 1.29 is 19.1 Å². The van der Waals surface area contributed by atoms with Crippen LogP contribution in [0.3, 0.4) is 0 Å². The Labute approximate surface area is 152 Å². The molecule has 2 heterocycles. The summed E-state index contributed by atoms with van der Waals surface area (Å²) in [7, 11) is 0. The molecule has 2 rings (SSSR count). The summed E-state index contributed by atoms with van der Waals surface area (Å²) in [5.74, 6) is 0.382. The molecule has 2 N–H and O–H groups in total. The van der Waals surface area contributed by atoms with Gasteiger partial charge in [-0.15, -0.1) is 0 Å². The summed E-state index contributed by atoms with van der Waals surface area (Å²) in [5.41, 5.74) is -1.61. The molecular formula is C17H26N4O5. The van der Waals surface area contributed by atoms with Crippen LogP contribution in [0.2, 0.25) is 0 Å². The van der Waals surface area contributed by atoms with Gasteiger partial charge in [-0.2, -0.15) is 0 Å². The fraction of sp³-hybridized carbons (Fsp3) is 0.647. The second kappa shape index (κ2) is 6.97. The van der Waals surface area contributed by atoms with Crippen molar-refractivity contribution in [2.45, 2.75) is 58.7 Å². The molecule has 1 aromatic heterocycles. The summed E-state index contributed by atoms with van der Waals surface area (Å²) in [4.78, 5) is 44.0. The monoisotopic (exact) mass is 366 g/mol. The number of likely N-dealkylation sites (tertiary alicyclic amines) is 1. The molecule has 0 spiro atoms. The van der Waals surface area contributed by atoms with Gasteiger partial charge in [-0.3, -0.25) is 10.1 Å². The van der Waals surface area contributed by atoms with Crippen molar-refractivity contribution >= 4 is 18.0 Å². The van der Waals surface area contributed by atoms with E-state index in [9.17, 15) is 14.4 Å². The smallest absolute Gasteiger partial charge is 0.413 e. The van der Waals surface area contributed by atoms with Gasteiger partial charge in [-0.1, -0.05) is 0 Å². The number of aromatic amines is 1. The zero-order valence-electron chi connectivity index (χ0n) is 16.0. The third-order valence-corrected chi connectivity index (χ3v) is 3.31. The van der Waals surface area contributed by atoms with Crippen LogP contribution in [0.1, 0.15) is 53.3 Å². The second-order valence-electron chi connectivity index (χ2n) is 8.23. The summed E-state index contributed by atoms with van der Waals surface area (Å²) in [6, 6.07) is 1.18. The molecule has 0 unspecified atom stereocenters. The lowest BCUT2D eigenvalue weighted by Crippen LogP contribution is -2.51. The van der Waals surface area contributed by atoms with Crippen molar-refractivity contribution in [1.29, 1.82) is 0 Å². The second-order valence-corrected chi connectivity index (χ2v) is 8.23. The number of carbonyl (C=O) groups is 2. The molecule has 0 atom stereocenters. The largest absolute Gasteiger partial charge is 0.444 e. The first-order valence-electron chi connectivity index (χ1n) is 8.41. The first-order valence-corrected chi connectivity index (χ1v) is 8.41. The van der Waals surface area contributed by atoms with Gasteiger partial charge in [-0.05, 0) is 41.5 Å². The number of aromatic nitrogens is 2. The van der Waals surface area contributed by atoms with E-state index < -0.39 is 28.9 Å². The first-order chi connectivity index (χ1) is 11.8. The van der Waals surface area contributed by atoms with Crippen molar-refractivity contribution in [2.75, 3.05) is 18.4 Å². The summed E-state index contributed by atoms with van der Waals surface area (Å²) >= 11 is 0. The van der Waals surface area contributed by atoms with Gasteiger partial charge < -0.3 is 19.4 Å². The van der Waals surface area contributed by atoms with Gasteiger partial charge in [0.1, 0.15) is 22.8 Å². The zero-order chi connectivity index (χ0) is 19.7. The molecule has 1 aliphatic rings. The molecule has 0 aliphatic carbocycles. The van der Waals surface area contributed by atoms with Crippen molar-refractivity contribution in [3.63, 3.8) is 0 Å². The predicted molar refractivity (Wildman–Crippen MR) is 95.3 cm³/mol. The van der Waals surface area contributed by atoms with Crippen LogP contribution >= 0.6 is 0 Å². The molecule has 26 heavy (non-hydrogen) atoms. The summed E-state index contributed by atoms with van der Waals surface area (Å²) < 4.78 is 10.4. The maximum atomic E-state index is 12.0. The number of carbonyl (C=O) groups excluding carboxylic acids is 2. The highest BCUT2D eigenvalue weighted by atomic mass is 16.6. The zero-order valence-corrected chi connectivity index (χ0v) is 16.0. The molecular weight excluding hydrogens is 340 g/mol. The summed E-state index contributed by atoms with van der Waals surface area (Å²) in [5, 5.41) is 2.45. The Kier molecular flexibility index (Phi) is 5.29. The third kappa shape index (κ3) is 5.75. The molecule has 2 amide bonds. The first kappa shape index (κ1) is 19.7. The number of hydrogen-bond acceptors (Lipinski definition) is 6. The van der Waals surface area contributed by atoms with E-state index in [1.807, 2.05) is 0 Å². The summed E-state index contributed by atoms with van der Waals surface area (Å²) in [6.07, 6.45) is -1.09. The van der Waals surface area contributed by atoms with Crippen LogP contribution in [0.15, 0.2) is 10.9 Å². The Bertz CT molecular complexity index is 739. The lowest BCUT2D eigenvalue weighted by Gasteiger charge is -2.39. The molecule has 1 fully saturated rings. The van der Waals surface area contributed by atoms with E-state index in [1.165, 1.54) is 11.0 Å². The third-order valence-electron chi connectivity index (χ3n) is 3.31. The quantitative estimate of drug-likeness (QED) is 0.831. The van der Waals surface area contributed by atoms with Crippen LogP contribution in [0.4, 0.5) is 15.4 Å². The number of ether oxygens (including phenoxy) is 2. The molecule has 1 aliphatic heterocycles. The van der Waals surface area contributed by atoms with Gasteiger partial charge in [0.25, 0.3) is 5.56 Å². The Morgan fingerprint density at radius 3 is 2.27 bits per heavy atom. The predicted octanol–water partition coefficient (Wildman–Crippen LogP) is 2.45. The van der Waals surface area contributed by atoms with E-state index in [4.69, 9.17) is 9.47 Å².